The highest BCUT2D eigenvalue weighted by molar-refractivity contribution is 5.79. The highest BCUT2D eigenvalue weighted by Crippen LogP contribution is 2.55. The molecule has 1 aliphatic carbocycles. The van der Waals surface area contributed by atoms with Gasteiger partial charge < -0.3 is 9.84 Å². The summed E-state index contributed by atoms with van der Waals surface area (Å²) in [7, 11) is 0. The van der Waals surface area contributed by atoms with Crippen molar-refractivity contribution in [2.45, 2.75) is 72.3 Å². The van der Waals surface area contributed by atoms with Crippen LogP contribution in [0.25, 0.3) is 0 Å². The summed E-state index contributed by atoms with van der Waals surface area (Å²) in [5, 5.41) is 9.28. The average Bonchev–Trinajstić information content (AvgIpc) is 2.33. The Morgan fingerprint density at radius 2 is 2.11 bits per heavy atom. The molecule has 3 nitrogen and oxygen atoms in total. The maximum absolute atomic E-state index is 12.5. The third-order valence-electron chi connectivity index (χ3n) is 4.83. The molecular formula is C16H30O3. The highest BCUT2D eigenvalue weighted by atomic mass is 16.5. The SMILES string of the molecule is CCCCC(C)C1(C(=O)OCC(C)O)CCC1CC. The van der Waals surface area contributed by atoms with Crippen molar-refractivity contribution >= 4 is 5.97 Å². The number of rotatable bonds is 8. The van der Waals surface area contributed by atoms with Crippen molar-refractivity contribution in [2.24, 2.45) is 17.3 Å². The van der Waals surface area contributed by atoms with Gasteiger partial charge in [-0.25, -0.2) is 0 Å². The maximum atomic E-state index is 12.5. The minimum atomic E-state index is -0.577. The Balaban J connectivity index is 2.73. The van der Waals surface area contributed by atoms with Crippen LogP contribution in [0.5, 0.6) is 0 Å². The van der Waals surface area contributed by atoms with Gasteiger partial charge >= 0.3 is 5.97 Å². The molecule has 0 amide bonds. The number of ether oxygens (including phenoxy) is 1. The second-order valence-electron chi connectivity index (χ2n) is 6.17. The lowest BCUT2D eigenvalue weighted by Crippen LogP contribution is -2.52. The van der Waals surface area contributed by atoms with Crippen LogP contribution < -0.4 is 0 Å². The Morgan fingerprint density at radius 3 is 2.53 bits per heavy atom. The topological polar surface area (TPSA) is 46.5 Å². The molecular weight excluding hydrogens is 240 g/mol. The first-order valence-electron chi connectivity index (χ1n) is 7.84. The van der Waals surface area contributed by atoms with Gasteiger partial charge in [0.25, 0.3) is 0 Å². The number of hydrogen-bond acceptors (Lipinski definition) is 3. The number of hydrogen-bond donors (Lipinski definition) is 1. The van der Waals surface area contributed by atoms with E-state index in [0.717, 1.165) is 25.7 Å². The third kappa shape index (κ3) is 3.50. The molecule has 4 unspecified atom stereocenters. The average molecular weight is 270 g/mol. The number of esters is 1. The molecule has 1 N–H and O–H groups in total. The molecule has 0 bridgehead atoms. The standard InChI is InChI=1S/C16H30O3/c1-5-7-8-12(3)16(10-9-14(16)6-2)15(18)19-11-13(4)17/h12-14,17H,5-11H2,1-4H3. The predicted octanol–water partition coefficient (Wildman–Crippen LogP) is 3.54. The number of aliphatic hydroxyl groups excluding tert-OH is 1. The first-order chi connectivity index (χ1) is 8.98. The lowest BCUT2D eigenvalue weighted by Gasteiger charge is -2.51. The molecule has 0 aromatic heterocycles. The van der Waals surface area contributed by atoms with E-state index in [0.29, 0.717) is 11.8 Å². The van der Waals surface area contributed by atoms with Crippen LogP contribution in [0.2, 0.25) is 0 Å². The third-order valence-corrected chi connectivity index (χ3v) is 4.83. The number of carbonyl (C=O) groups excluding carboxylic acids is 1. The van der Waals surface area contributed by atoms with Gasteiger partial charge in [-0.15, -0.1) is 0 Å². The van der Waals surface area contributed by atoms with E-state index in [1.54, 1.807) is 6.92 Å². The Morgan fingerprint density at radius 1 is 1.42 bits per heavy atom. The smallest absolute Gasteiger partial charge is 0.312 e. The summed E-state index contributed by atoms with van der Waals surface area (Å²) in [5.74, 6) is 0.767. The molecule has 1 saturated carbocycles. The first-order valence-corrected chi connectivity index (χ1v) is 7.84. The lowest BCUT2D eigenvalue weighted by molar-refractivity contribution is -0.178. The zero-order valence-electron chi connectivity index (χ0n) is 12.9. The van der Waals surface area contributed by atoms with Crippen molar-refractivity contribution in [1.29, 1.82) is 0 Å². The summed E-state index contributed by atoms with van der Waals surface area (Å²) >= 11 is 0. The Bertz CT molecular complexity index is 286. The van der Waals surface area contributed by atoms with Gasteiger partial charge in [0.1, 0.15) is 6.61 Å². The normalized spacial score (nSPS) is 29.4. The van der Waals surface area contributed by atoms with Crippen LogP contribution in [0.15, 0.2) is 0 Å². The molecule has 112 valence electrons. The Kier molecular flexibility index (Phi) is 6.31. The molecule has 0 saturated heterocycles. The predicted molar refractivity (Wildman–Crippen MR) is 76.8 cm³/mol. The molecule has 0 aromatic carbocycles. The van der Waals surface area contributed by atoms with Crippen LogP contribution in [0.1, 0.15) is 66.2 Å². The number of unbranched alkanes of at least 4 members (excludes halogenated alkanes) is 1. The molecule has 1 aliphatic rings. The second kappa shape index (κ2) is 7.28. The van der Waals surface area contributed by atoms with Crippen LogP contribution in [0.3, 0.4) is 0 Å². The minimum Gasteiger partial charge on any atom is -0.463 e. The van der Waals surface area contributed by atoms with E-state index in [9.17, 15) is 9.90 Å². The molecule has 1 fully saturated rings. The molecule has 0 aromatic rings. The van der Waals surface area contributed by atoms with E-state index < -0.39 is 6.10 Å². The summed E-state index contributed by atoms with van der Waals surface area (Å²) in [5.41, 5.74) is -0.279. The quantitative estimate of drug-likeness (QED) is 0.686. The molecule has 3 heteroatoms. The van der Waals surface area contributed by atoms with Crippen molar-refractivity contribution in [1.82, 2.24) is 0 Å². The fourth-order valence-electron chi connectivity index (χ4n) is 3.45. The van der Waals surface area contributed by atoms with Crippen LogP contribution in [-0.4, -0.2) is 23.8 Å². The summed E-state index contributed by atoms with van der Waals surface area (Å²) in [6.07, 6.45) is 5.98. The van der Waals surface area contributed by atoms with E-state index in [-0.39, 0.29) is 18.0 Å². The van der Waals surface area contributed by atoms with Crippen LogP contribution in [-0.2, 0) is 9.53 Å². The van der Waals surface area contributed by atoms with Gasteiger partial charge in [0, 0.05) is 0 Å². The van der Waals surface area contributed by atoms with Crippen LogP contribution in [0.4, 0.5) is 0 Å². The fraction of sp³-hybridized carbons (Fsp3) is 0.938. The van der Waals surface area contributed by atoms with E-state index >= 15 is 0 Å². The second-order valence-corrected chi connectivity index (χ2v) is 6.17. The monoisotopic (exact) mass is 270 g/mol. The molecule has 4 atom stereocenters. The summed E-state index contributed by atoms with van der Waals surface area (Å²) in [4.78, 5) is 12.5. The fourth-order valence-corrected chi connectivity index (χ4v) is 3.45. The zero-order valence-corrected chi connectivity index (χ0v) is 12.9. The first kappa shape index (κ1) is 16.5. The van der Waals surface area contributed by atoms with Crippen molar-refractivity contribution in [3.8, 4) is 0 Å². The van der Waals surface area contributed by atoms with E-state index in [1.165, 1.54) is 12.8 Å². The van der Waals surface area contributed by atoms with Gasteiger partial charge in [-0.2, -0.15) is 0 Å². The van der Waals surface area contributed by atoms with E-state index in [1.807, 2.05) is 0 Å². The molecule has 19 heavy (non-hydrogen) atoms. The summed E-state index contributed by atoms with van der Waals surface area (Å²) in [6.45, 7) is 8.31. The Labute approximate surface area is 117 Å². The van der Waals surface area contributed by atoms with Gasteiger partial charge in [-0.3, -0.25) is 4.79 Å². The van der Waals surface area contributed by atoms with Gasteiger partial charge in [0.15, 0.2) is 0 Å². The summed E-state index contributed by atoms with van der Waals surface area (Å²) in [6, 6.07) is 0. The molecule has 0 aliphatic heterocycles. The van der Waals surface area contributed by atoms with Gasteiger partial charge in [0.05, 0.1) is 11.5 Å². The molecule has 0 spiro atoms. The largest absolute Gasteiger partial charge is 0.463 e. The van der Waals surface area contributed by atoms with Crippen LogP contribution in [0, 0.1) is 17.3 Å². The summed E-state index contributed by atoms with van der Waals surface area (Å²) < 4.78 is 5.35. The maximum Gasteiger partial charge on any atom is 0.312 e. The van der Waals surface area contributed by atoms with Crippen molar-refractivity contribution in [3.63, 3.8) is 0 Å². The van der Waals surface area contributed by atoms with Crippen molar-refractivity contribution in [3.05, 3.63) is 0 Å². The Hall–Kier alpha value is -0.570. The zero-order chi connectivity index (χ0) is 14.5. The van der Waals surface area contributed by atoms with Crippen molar-refractivity contribution < 1.29 is 14.6 Å². The number of carbonyl (C=O) groups is 1. The molecule has 0 radical (unpaired) electrons. The van der Waals surface area contributed by atoms with Crippen LogP contribution >= 0.6 is 0 Å². The van der Waals surface area contributed by atoms with E-state index in [2.05, 4.69) is 20.8 Å². The van der Waals surface area contributed by atoms with Crippen molar-refractivity contribution in [2.75, 3.05) is 6.61 Å². The lowest BCUT2D eigenvalue weighted by atomic mass is 9.52. The molecule has 1 rings (SSSR count). The minimum absolute atomic E-state index is 0.0740. The highest BCUT2D eigenvalue weighted by Gasteiger charge is 2.55. The van der Waals surface area contributed by atoms with Gasteiger partial charge in [-0.05, 0) is 38.0 Å². The number of aliphatic hydroxyl groups is 1. The van der Waals surface area contributed by atoms with Gasteiger partial charge in [-0.1, -0.05) is 40.0 Å². The molecule has 0 heterocycles. The van der Waals surface area contributed by atoms with Gasteiger partial charge in [0.2, 0.25) is 0 Å². The van der Waals surface area contributed by atoms with E-state index in [4.69, 9.17) is 4.74 Å².